The lowest BCUT2D eigenvalue weighted by molar-refractivity contribution is 0.174. The minimum atomic E-state index is -0.0190. The van der Waals surface area contributed by atoms with Crippen LogP contribution in [-0.2, 0) is 5.41 Å². The van der Waals surface area contributed by atoms with Gasteiger partial charge in [0.25, 0.3) is 0 Å². The molecule has 1 aromatic carbocycles. The largest absolute Gasteiger partial charge is 0.454 e. The maximum Gasteiger partial charge on any atom is 0.231 e. The van der Waals surface area contributed by atoms with Crippen molar-refractivity contribution in [2.75, 3.05) is 6.79 Å². The summed E-state index contributed by atoms with van der Waals surface area (Å²) in [6, 6.07) is 3.88. The SMILES string of the molecule is CC(C)(C)c1ncnc2cc3c(cc12)OCO3. The fraction of sp³-hybridized carbons (Fsp3) is 0.385. The van der Waals surface area contributed by atoms with Gasteiger partial charge in [-0.1, -0.05) is 20.8 Å². The van der Waals surface area contributed by atoms with E-state index >= 15 is 0 Å². The van der Waals surface area contributed by atoms with Gasteiger partial charge < -0.3 is 9.47 Å². The fourth-order valence-electron chi connectivity index (χ4n) is 2.04. The Labute approximate surface area is 99.6 Å². The first kappa shape index (κ1) is 10.3. The molecule has 17 heavy (non-hydrogen) atoms. The minimum Gasteiger partial charge on any atom is -0.454 e. The second kappa shape index (κ2) is 3.32. The molecule has 0 N–H and O–H groups in total. The Bertz CT molecular complexity index is 588. The van der Waals surface area contributed by atoms with Gasteiger partial charge in [0.05, 0.1) is 11.2 Å². The van der Waals surface area contributed by atoms with Crippen LogP contribution in [0.25, 0.3) is 10.9 Å². The Kier molecular flexibility index (Phi) is 2.02. The number of fused-ring (bicyclic) bond motifs is 2. The second-order valence-corrected chi connectivity index (χ2v) is 5.19. The van der Waals surface area contributed by atoms with Crippen LogP contribution in [-0.4, -0.2) is 16.8 Å². The number of aromatic nitrogens is 2. The zero-order valence-corrected chi connectivity index (χ0v) is 10.2. The molecule has 0 saturated heterocycles. The van der Waals surface area contributed by atoms with Gasteiger partial charge in [0, 0.05) is 16.9 Å². The van der Waals surface area contributed by atoms with Crippen LogP contribution >= 0.6 is 0 Å². The molecule has 0 saturated carbocycles. The molecule has 0 bridgehead atoms. The highest BCUT2D eigenvalue weighted by Crippen LogP contribution is 2.38. The van der Waals surface area contributed by atoms with E-state index in [1.807, 2.05) is 12.1 Å². The average Bonchev–Trinajstić information content (AvgIpc) is 2.70. The highest BCUT2D eigenvalue weighted by Gasteiger charge is 2.22. The molecule has 0 amide bonds. The van der Waals surface area contributed by atoms with Crippen LogP contribution in [0.3, 0.4) is 0 Å². The van der Waals surface area contributed by atoms with Crippen molar-refractivity contribution in [3.63, 3.8) is 0 Å². The summed E-state index contributed by atoms with van der Waals surface area (Å²) in [5.41, 5.74) is 1.91. The molecule has 0 unspecified atom stereocenters. The Morgan fingerprint density at radius 2 is 1.76 bits per heavy atom. The quantitative estimate of drug-likeness (QED) is 0.698. The van der Waals surface area contributed by atoms with Crippen molar-refractivity contribution in [2.45, 2.75) is 26.2 Å². The van der Waals surface area contributed by atoms with E-state index < -0.39 is 0 Å². The van der Waals surface area contributed by atoms with Crippen molar-refractivity contribution in [1.29, 1.82) is 0 Å². The third-order valence-electron chi connectivity index (χ3n) is 2.84. The lowest BCUT2D eigenvalue weighted by Gasteiger charge is -2.19. The van der Waals surface area contributed by atoms with Gasteiger partial charge in [-0.2, -0.15) is 0 Å². The Morgan fingerprint density at radius 1 is 1.06 bits per heavy atom. The van der Waals surface area contributed by atoms with E-state index in [2.05, 4.69) is 30.7 Å². The summed E-state index contributed by atoms with van der Waals surface area (Å²) in [6.07, 6.45) is 1.60. The summed E-state index contributed by atoms with van der Waals surface area (Å²) in [4.78, 5) is 8.68. The number of hydrogen-bond acceptors (Lipinski definition) is 4. The van der Waals surface area contributed by atoms with Crippen LogP contribution in [0.15, 0.2) is 18.5 Å². The van der Waals surface area contributed by atoms with E-state index in [0.29, 0.717) is 0 Å². The molecule has 0 radical (unpaired) electrons. The smallest absolute Gasteiger partial charge is 0.231 e. The van der Waals surface area contributed by atoms with E-state index in [4.69, 9.17) is 9.47 Å². The third kappa shape index (κ3) is 1.60. The molecule has 3 rings (SSSR count). The van der Waals surface area contributed by atoms with Gasteiger partial charge in [-0.05, 0) is 6.07 Å². The molecule has 0 spiro atoms. The molecule has 1 aromatic heterocycles. The van der Waals surface area contributed by atoms with E-state index in [1.165, 1.54) is 0 Å². The summed E-state index contributed by atoms with van der Waals surface area (Å²) in [6.45, 7) is 6.70. The standard InChI is InChI=1S/C13H14N2O2/c1-13(2,3)12-8-4-10-11(17-7-16-10)5-9(8)14-6-15-12/h4-6H,7H2,1-3H3. The van der Waals surface area contributed by atoms with Crippen molar-refractivity contribution < 1.29 is 9.47 Å². The van der Waals surface area contributed by atoms with Crippen LogP contribution in [0.4, 0.5) is 0 Å². The normalized spacial score (nSPS) is 14.3. The number of ether oxygens (including phenoxy) is 2. The van der Waals surface area contributed by atoms with E-state index in [-0.39, 0.29) is 12.2 Å². The summed E-state index contributed by atoms with van der Waals surface area (Å²) in [7, 11) is 0. The van der Waals surface area contributed by atoms with Gasteiger partial charge in [0.2, 0.25) is 6.79 Å². The molecule has 0 fully saturated rings. The highest BCUT2D eigenvalue weighted by atomic mass is 16.7. The van der Waals surface area contributed by atoms with Gasteiger partial charge in [0.1, 0.15) is 6.33 Å². The molecule has 4 heteroatoms. The maximum absolute atomic E-state index is 5.40. The monoisotopic (exact) mass is 230 g/mol. The lowest BCUT2D eigenvalue weighted by Crippen LogP contribution is -2.14. The Morgan fingerprint density at radius 3 is 2.47 bits per heavy atom. The lowest BCUT2D eigenvalue weighted by atomic mass is 9.89. The molecule has 1 aliphatic rings. The van der Waals surface area contributed by atoms with Crippen molar-refractivity contribution in [3.05, 3.63) is 24.2 Å². The van der Waals surface area contributed by atoms with Gasteiger partial charge in [-0.3, -0.25) is 0 Å². The van der Waals surface area contributed by atoms with Crippen LogP contribution in [0.2, 0.25) is 0 Å². The van der Waals surface area contributed by atoms with Crippen molar-refractivity contribution in [2.24, 2.45) is 0 Å². The van der Waals surface area contributed by atoms with Crippen LogP contribution in [0.5, 0.6) is 11.5 Å². The summed E-state index contributed by atoms with van der Waals surface area (Å²) in [5, 5.41) is 1.03. The predicted molar refractivity (Wildman–Crippen MR) is 64.4 cm³/mol. The molecule has 0 aliphatic carbocycles. The van der Waals surface area contributed by atoms with Crippen LogP contribution in [0.1, 0.15) is 26.5 Å². The number of rotatable bonds is 0. The molecule has 0 atom stereocenters. The zero-order valence-electron chi connectivity index (χ0n) is 10.2. The van der Waals surface area contributed by atoms with E-state index in [0.717, 1.165) is 28.1 Å². The molecule has 2 heterocycles. The van der Waals surface area contributed by atoms with Gasteiger partial charge in [-0.25, -0.2) is 9.97 Å². The minimum absolute atomic E-state index is 0.0190. The molecule has 88 valence electrons. The molecule has 4 nitrogen and oxygen atoms in total. The molecule has 1 aliphatic heterocycles. The number of nitrogens with zero attached hydrogens (tertiary/aromatic N) is 2. The summed E-state index contributed by atoms with van der Waals surface area (Å²) < 4.78 is 10.7. The van der Waals surface area contributed by atoms with Crippen molar-refractivity contribution in [1.82, 2.24) is 9.97 Å². The first-order valence-corrected chi connectivity index (χ1v) is 5.60. The molecular weight excluding hydrogens is 216 g/mol. The first-order chi connectivity index (χ1) is 8.05. The Hall–Kier alpha value is -1.84. The number of hydrogen-bond donors (Lipinski definition) is 0. The average molecular weight is 230 g/mol. The zero-order chi connectivity index (χ0) is 12.0. The Balaban J connectivity index is 2.32. The van der Waals surface area contributed by atoms with E-state index in [1.54, 1.807) is 6.33 Å². The molecule has 2 aromatic rings. The van der Waals surface area contributed by atoms with Gasteiger partial charge >= 0.3 is 0 Å². The van der Waals surface area contributed by atoms with Gasteiger partial charge in [0.15, 0.2) is 11.5 Å². The highest BCUT2D eigenvalue weighted by molar-refractivity contribution is 5.85. The first-order valence-electron chi connectivity index (χ1n) is 5.60. The van der Waals surface area contributed by atoms with Crippen LogP contribution < -0.4 is 9.47 Å². The molecular formula is C13H14N2O2. The van der Waals surface area contributed by atoms with Crippen molar-refractivity contribution in [3.8, 4) is 11.5 Å². The fourth-order valence-corrected chi connectivity index (χ4v) is 2.04. The van der Waals surface area contributed by atoms with E-state index in [9.17, 15) is 0 Å². The summed E-state index contributed by atoms with van der Waals surface area (Å²) in [5.74, 6) is 1.54. The second-order valence-electron chi connectivity index (χ2n) is 5.19. The van der Waals surface area contributed by atoms with Crippen LogP contribution in [0, 0.1) is 0 Å². The third-order valence-corrected chi connectivity index (χ3v) is 2.84. The maximum atomic E-state index is 5.40. The predicted octanol–water partition coefficient (Wildman–Crippen LogP) is 2.66. The summed E-state index contributed by atoms with van der Waals surface area (Å²) >= 11 is 0. The number of benzene rings is 1. The van der Waals surface area contributed by atoms with Gasteiger partial charge in [-0.15, -0.1) is 0 Å². The topological polar surface area (TPSA) is 44.2 Å². The van der Waals surface area contributed by atoms with Crippen molar-refractivity contribution >= 4 is 10.9 Å².